The molecule has 4 nitrogen and oxygen atoms in total. The van der Waals surface area contributed by atoms with Crippen LogP contribution in [0.4, 0.5) is 0 Å². The summed E-state index contributed by atoms with van der Waals surface area (Å²) in [6.07, 6.45) is 7.24. The highest BCUT2D eigenvalue weighted by Crippen LogP contribution is 2.22. The zero-order valence-corrected chi connectivity index (χ0v) is 11.7. The van der Waals surface area contributed by atoms with Crippen molar-refractivity contribution in [1.82, 2.24) is 5.32 Å². The van der Waals surface area contributed by atoms with E-state index < -0.39 is 0 Å². The van der Waals surface area contributed by atoms with Crippen molar-refractivity contribution >= 4 is 11.8 Å². The summed E-state index contributed by atoms with van der Waals surface area (Å²) < 4.78 is 0. The minimum absolute atomic E-state index is 0.261. The summed E-state index contributed by atoms with van der Waals surface area (Å²) in [5, 5.41) is 11.0. The van der Waals surface area contributed by atoms with Crippen LogP contribution in [0.2, 0.25) is 0 Å². The first kappa shape index (κ1) is 14.7. The number of fused-ring (bicyclic) bond motifs is 1. The molecule has 0 saturated heterocycles. The number of rotatable bonds is 8. The second-order valence-corrected chi connectivity index (χ2v) is 5.22. The topological polar surface area (TPSA) is 66.4 Å². The number of carbonyl (C=O) groups excluding carboxylic acids is 2. The number of carbonyl (C=O) groups is 2. The number of hydrogen-bond acceptors (Lipinski definition) is 3. The van der Waals surface area contributed by atoms with E-state index in [-0.39, 0.29) is 18.4 Å². The number of aryl methyl sites for hydroxylation is 1. The lowest BCUT2D eigenvalue weighted by atomic mass is 9.97. The van der Waals surface area contributed by atoms with Crippen LogP contribution in [0.3, 0.4) is 0 Å². The summed E-state index contributed by atoms with van der Waals surface area (Å²) in [6, 6.07) is 5.48. The average Bonchev–Trinajstić information content (AvgIpc) is 2.74. The molecule has 0 spiro atoms. The van der Waals surface area contributed by atoms with Gasteiger partial charge in [0.05, 0.1) is 11.1 Å². The van der Waals surface area contributed by atoms with E-state index in [4.69, 9.17) is 5.11 Å². The Kier molecular flexibility index (Phi) is 5.30. The maximum atomic E-state index is 11.7. The van der Waals surface area contributed by atoms with Gasteiger partial charge in [0.25, 0.3) is 11.8 Å². The molecular formula is C16H21NO3. The van der Waals surface area contributed by atoms with Crippen LogP contribution in [0, 0.1) is 0 Å². The fourth-order valence-electron chi connectivity index (χ4n) is 2.63. The van der Waals surface area contributed by atoms with Crippen molar-refractivity contribution in [3.05, 3.63) is 34.9 Å². The Bertz CT molecular complexity index is 496. The predicted molar refractivity (Wildman–Crippen MR) is 76.7 cm³/mol. The molecular weight excluding hydrogens is 254 g/mol. The molecule has 2 N–H and O–H groups in total. The monoisotopic (exact) mass is 275 g/mol. The van der Waals surface area contributed by atoms with Crippen molar-refractivity contribution in [2.45, 2.75) is 44.9 Å². The molecule has 2 rings (SSSR count). The third-order valence-corrected chi connectivity index (χ3v) is 3.70. The van der Waals surface area contributed by atoms with Crippen LogP contribution in [-0.4, -0.2) is 23.5 Å². The van der Waals surface area contributed by atoms with Gasteiger partial charge in [0.1, 0.15) is 0 Å². The number of hydrogen-bond donors (Lipinski definition) is 2. The Hall–Kier alpha value is -1.68. The maximum absolute atomic E-state index is 11.7. The summed E-state index contributed by atoms with van der Waals surface area (Å²) in [7, 11) is 0. The zero-order valence-electron chi connectivity index (χ0n) is 11.7. The lowest BCUT2D eigenvalue weighted by Crippen LogP contribution is -2.20. The Morgan fingerprint density at radius 2 is 1.60 bits per heavy atom. The van der Waals surface area contributed by atoms with E-state index in [1.165, 1.54) is 0 Å². The van der Waals surface area contributed by atoms with Gasteiger partial charge in [-0.15, -0.1) is 0 Å². The van der Waals surface area contributed by atoms with Gasteiger partial charge in [-0.25, -0.2) is 0 Å². The Balaban J connectivity index is 1.83. The molecule has 0 unspecified atom stereocenters. The van der Waals surface area contributed by atoms with E-state index >= 15 is 0 Å². The highest BCUT2D eigenvalue weighted by atomic mass is 16.3. The number of aliphatic hydroxyl groups excluding tert-OH is 1. The van der Waals surface area contributed by atoms with Gasteiger partial charge in [-0.1, -0.05) is 37.8 Å². The highest BCUT2D eigenvalue weighted by molar-refractivity contribution is 6.22. The van der Waals surface area contributed by atoms with Crippen molar-refractivity contribution in [2.75, 3.05) is 6.61 Å². The van der Waals surface area contributed by atoms with E-state index in [9.17, 15) is 9.59 Å². The van der Waals surface area contributed by atoms with Gasteiger partial charge in [-0.3, -0.25) is 14.9 Å². The van der Waals surface area contributed by atoms with Crippen LogP contribution in [0.1, 0.15) is 64.8 Å². The first-order chi connectivity index (χ1) is 9.74. The van der Waals surface area contributed by atoms with Crippen LogP contribution in [0.25, 0.3) is 0 Å². The van der Waals surface area contributed by atoms with E-state index in [2.05, 4.69) is 5.32 Å². The van der Waals surface area contributed by atoms with E-state index in [0.717, 1.165) is 50.5 Å². The molecule has 0 radical (unpaired) electrons. The molecule has 2 amide bonds. The molecule has 1 aliphatic rings. The summed E-state index contributed by atoms with van der Waals surface area (Å²) in [5.74, 6) is -0.542. The third-order valence-electron chi connectivity index (χ3n) is 3.70. The number of nitrogens with one attached hydrogen (secondary N) is 1. The van der Waals surface area contributed by atoms with E-state index in [0.29, 0.717) is 11.1 Å². The van der Waals surface area contributed by atoms with Crippen LogP contribution in [-0.2, 0) is 6.42 Å². The maximum Gasteiger partial charge on any atom is 0.259 e. The molecule has 0 atom stereocenters. The number of amides is 2. The van der Waals surface area contributed by atoms with Gasteiger partial charge < -0.3 is 5.11 Å². The molecule has 0 aliphatic carbocycles. The minimum atomic E-state index is -0.282. The van der Waals surface area contributed by atoms with Crippen LogP contribution >= 0.6 is 0 Å². The predicted octanol–water partition coefficient (Wildman–Crippen LogP) is 2.45. The molecule has 4 heteroatoms. The Morgan fingerprint density at radius 3 is 2.35 bits per heavy atom. The van der Waals surface area contributed by atoms with Crippen LogP contribution in [0.5, 0.6) is 0 Å². The fourth-order valence-corrected chi connectivity index (χ4v) is 2.63. The molecule has 0 bridgehead atoms. The Morgan fingerprint density at radius 1 is 0.900 bits per heavy atom. The molecule has 0 aromatic heterocycles. The normalized spacial score (nSPS) is 13.4. The first-order valence-corrected chi connectivity index (χ1v) is 7.32. The summed E-state index contributed by atoms with van der Waals surface area (Å²) in [4.78, 5) is 23.3. The molecule has 1 heterocycles. The number of imide groups is 1. The van der Waals surface area contributed by atoms with Gasteiger partial charge >= 0.3 is 0 Å². The standard InChI is InChI=1S/C16H21NO3/c18-11-6-4-2-1-3-5-8-12-9-7-10-13-14(12)16(20)17-15(13)19/h7,9-10,18H,1-6,8,11H2,(H,17,19,20). The summed E-state index contributed by atoms with van der Waals surface area (Å²) >= 11 is 0. The molecule has 1 aromatic carbocycles. The largest absolute Gasteiger partial charge is 0.396 e. The fraction of sp³-hybridized carbons (Fsp3) is 0.500. The lowest BCUT2D eigenvalue weighted by Gasteiger charge is -2.05. The average molecular weight is 275 g/mol. The molecule has 0 saturated carbocycles. The third kappa shape index (κ3) is 3.45. The number of unbranched alkanes of at least 4 members (excludes halogenated alkanes) is 5. The van der Waals surface area contributed by atoms with Crippen LogP contribution < -0.4 is 5.32 Å². The van der Waals surface area contributed by atoms with Gasteiger partial charge in [-0.05, 0) is 30.9 Å². The van der Waals surface area contributed by atoms with Crippen molar-refractivity contribution in [3.8, 4) is 0 Å². The van der Waals surface area contributed by atoms with Crippen molar-refractivity contribution in [2.24, 2.45) is 0 Å². The SMILES string of the molecule is O=C1NC(=O)c2c(CCCCCCCCO)cccc21. The van der Waals surface area contributed by atoms with E-state index in [1.54, 1.807) is 6.07 Å². The van der Waals surface area contributed by atoms with Gasteiger partial charge in [0, 0.05) is 6.61 Å². The minimum Gasteiger partial charge on any atom is -0.396 e. The molecule has 108 valence electrons. The molecule has 20 heavy (non-hydrogen) atoms. The molecule has 0 fully saturated rings. The van der Waals surface area contributed by atoms with Crippen molar-refractivity contribution in [1.29, 1.82) is 0 Å². The van der Waals surface area contributed by atoms with Gasteiger partial charge in [0.15, 0.2) is 0 Å². The summed E-state index contributed by atoms with van der Waals surface area (Å²) in [5.41, 5.74) is 2.05. The summed E-state index contributed by atoms with van der Waals surface area (Å²) in [6.45, 7) is 0.277. The van der Waals surface area contributed by atoms with Crippen molar-refractivity contribution < 1.29 is 14.7 Å². The smallest absolute Gasteiger partial charge is 0.259 e. The quantitative estimate of drug-likeness (QED) is 0.565. The Labute approximate surface area is 119 Å². The van der Waals surface area contributed by atoms with Crippen molar-refractivity contribution in [3.63, 3.8) is 0 Å². The van der Waals surface area contributed by atoms with Gasteiger partial charge in [-0.2, -0.15) is 0 Å². The van der Waals surface area contributed by atoms with E-state index in [1.807, 2.05) is 12.1 Å². The van der Waals surface area contributed by atoms with Crippen LogP contribution in [0.15, 0.2) is 18.2 Å². The van der Waals surface area contributed by atoms with Gasteiger partial charge in [0.2, 0.25) is 0 Å². The molecule has 1 aromatic rings. The first-order valence-electron chi connectivity index (χ1n) is 7.32. The number of aliphatic hydroxyl groups is 1. The lowest BCUT2D eigenvalue weighted by molar-refractivity contribution is 0.0879. The highest BCUT2D eigenvalue weighted by Gasteiger charge is 2.28. The molecule has 1 aliphatic heterocycles. The second-order valence-electron chi connectivity index (χ2n) is 5.22. The zero-order chi connectivity index (χ0) is 14.4. The number of benzene rings is 1. The second kappa shape index (κ2) is 7.20.